The fourth-order valence-corrected chi connectivity index (χ4v) is 3.43. The molecule has 2 heterocycles. The summed E-state index contributed by atoms with van der Waals surface area (Å²) in [6.45, 7) is 5.34. The lowest BCUT2D eigenvalue weighted by Gasteiger charge is -2.38. The van der Waals surface area contributed by atoms with Gasteiger partial charge >= 0.3 is 0 Å². The van der Waals surface area contributed by atoms with Crippen LogP contribution in [0.2, 0.25) is 0 Å². The third-order valence-corrected chi connectivity index (χ3v) is 5.07. The molecule has 5 nitrogen and oxygen atoms in total. The maximum Gasteiger partial charge on any atom is 0.225 e. The average Bonchev–Trinajstić information content (AvgIpc) is 3.10. The van der Waals surface area contributed by atoms with Gasteiger partial charge in [0.25, 0.3) is 0 Å². The molecule has 1 saturated heterocycles. The van der Waals surface area contributed by atoms with E-state index in [1.54, 1.807) is 13.1 Å². The number of piperidine rings is 1. The summed E-state index contributed by atoms with van der Waals surface area (Å²) in [5, 5.41) is 10.7. The van der Waals surface area contributed by atoms with E-state index >= 15 is 0 Å². The highest BCUT2D eigenvalue weighted by molar-refractivity contribution is 5.77. The lowest BCUT2D eigenvalue weighted by molar-refractivity contribution is -0.138. The van der Waals surface area contributed by atoms with Crippen LogP contribution in [0.25, 0.3) is 0 Å². The molecule has 128 valence electrons. The maximum absolute atomic E-state index is 12.7. The van der Waals surface area contributed by atoms with Crippen LogP contribution in [0, 0.1) is 5.92 Å². The molecule has 0 spiro atoms. The quantitative estimate of drug-likeness (QED) is 0.939. The number of aromatic nitrogens is 2. The molecule has 1 aromatic heterocycles. The van der Waals surface area contributed by atoms with Gasteiger partial charge in [0.05, 0.1) is 24.4 Å². The van der Waals surface area contributed by atoms with Crippen LogP contribution in [0.1, 0.15) is 38.3 Å². The Labute approximate surface area is 142 Å². The van der Waals surface area contributed by atoms with Gasteiger partial charge in [0.1, 0.15) is 0 Å². The van der Waals surface area contributed by atoms with E-state index in [1.807, 2.05) is 47.8 Å². The van der Waals surface area contributed by atoms with Gasteiger partial charge in [-0.15, -0.1) is 0 Å². The Balaban J connectivity index is 1.69. The molecule has 24 heavy (non-hydrogen) atoms. The van der Waals surface area contributed by atoms with E-state index in [0.29, 0.717) is 12.5 Å². The lowest BCUT2D eigenvalue weighted by Crippen LogP contribution is -2.45. The summed E-state index contributed by atoms with van der Waals surface area (Å²) in [5.41, 5.74) is -0.374. The van der Waals surface area contributed by atoms with Crippen LogP contribution in [-0.2, 0) is 10.4 Å². The predicted molar refractivity (Wildman–Crippen MR) is 92.3 cm³/mol. The zero-order chi connectivity index (χ0) is 17.2. The summed E-state index contributed by atoms with van der Waals surface area (Å²) < 4.78 is 2.08. The number of benzene rings is 1. The highest BCUT2D eigenvalue weighted by Gasteiger charge is 2.33. The monoisotopic (exact) mass is 327 g/mol. The zero-order valence-electron chi connectivity index (χ0n) is 14.3. The molecule has 3 unspecified atom stereocenters. The van der Waals surface area contributed by atoms with Crippen molar-refractivity contribution < 1.29 is 9.90 Å². The molecule has 0 aliphatic carbocycles. The number of hydrogen-bond acceptors (Lipinski definition) is 3. The van der Waals surface area contributed by atoms with Crippen molar-refractivity contribution >= 4 is 5.91 Å². The Hall–Kier alpha value is -2.14. The molecule has 1 aliphatic rings. The van der Waals surface area contributed by atoms with E-state index in [9.17, 15) is 9.90 Å². The minimum atomic E-state index is -1.15. The van der Waals surface area contributed by atoms with E-state index in [1.165, 1.54) is 0 Å². The van der Waals surface area contributed by atoms with Crippen LogP contribution in [0.15, 0.2) is 49.1 Å². The molecule has 1 N–H and O–H groups in total. The summed E-state index contributed by atoms with van der Waals surface area (Å²) in [4.78, 5) is 18.7. The third-order valence-electron chi connectivity index (χ3n) is 5.07. The molecule has 3 rings (SSSR count). The van der Waals surface area contributed by atoms with Gasteiger partial charge in [-0.1, -0.05) is 37.3 Å². The van der Waals surface area contributed by atoms with E-state index < -0.39 is 5.60 Å². The summed E-state index contributed by atoms with van der Waals surface area (Å²) >= 11 is 0. The smallest absolute Gasteiger partial charge is 0.225 e. The highest BCUT2D eigenvalue weighted by Crippen LogP contribution is 2.30. The number of imidazole rings is 1. The van der Waals surface area contributed by atoms with Crippen LogP contribution in [0.4, 0.5) is 0 Å². The molecule has 3 atom stereocenters. The molecule has 1 fully saturated rings. The van der Waals surface area contributed by atoms with Crippen molar-refractivity contribution in [2.75, 3.05) is 13.1 Å². The molecule has 1 aliphatic heterocycles. The first-order chi connectivity index (χ1) is 11.5. The molecule has 0 saturated carbocycles. The van der Waals surface area contributed by atoms with E-state index in [0.717, 1.165) is 18.5 Å². The van der Waals surface area contributed by atoms with Gasteiger partial charge in [-0.3, -0.25) is 4.79 Å². The zero-order valence-corrected chi connectivity index (χ0v) is 14.3. The SMILES string of the molecule is CC1CCN(C(=O)CC(C)(O)c2ccccc2)CC1n1ccnc1. The molecule has 2 aromatic rings. The largest absolute Gasteiger partial charge is 0.385 e. The fraction of sp³-hybridized carbons (Fsp3) is 0.474. The second-order valence-corrected chi connectivity index (χ2v) is 7.00. The Bertz CT molecular complexity index is 667. The van der Waals surface area contributed by atoms with Gasteiger partial charge in [0, 0.05) is 25.5 Å². The second-order valence-electron chi connectivity index (χ2n) is 7.00. The molecule has 0 radical (unpaired) electrons. The first-order valence-electron chi connectivity index (χ1n) is 8.50. The van der Waals surface area contributed by atoms with E-state index in [4.69, 9.17) is 0 Å². The second kappa shape index (κ2) is 6.77. The summed E-state index contributed by atoms with van der Waals surface area (Å²) in [5.74, 6) is 0.499. The predicted octanol–water partition coefficient (Wildman–Crippen LogP) is 2.59. The highest BCUT2D eigenvalue weighted by atomic mass is 16.3. The Kier molecular flexibility index (Phi) is 4.71. The van der Waals surface area contributed by atoms with Gasteiger partial charge in [0.15, 0.2) is 0 Å². The first-order valence-corrected chi connectivity index (χ1v) is 8.50. The van der Waals surface area contributed by atoms with Gasteiger partial charge in [-0.05, 0) is 24.8 Å². The van der Waals surface area contributed by atoms with Crippen molar-refractivity contribution in [3.8, 4) is 0 Å². The number of carbonyl (C=O) groups excluding carboxylic acids is 1. The number of nitrogens with zero attached hydrogens (tertiary/aromatic N) is 3. The van der Waals surface area contributed by atoms with Gasteiger partial charge in [-0.25, -0.2) is 4.98 Å². The first kappa shape index (κ1) is 16.7. The van der Waals surface area contributed by atoms with Crippen LogP contribution in [0.3, 0.4) is 0 Å². The molecule has 1 aromatic carbocycles. The van der Waals surface area contributed by atoms with E-state index in [-0.39, 0.29) is 18.4 Å². The standard InChI is InChI=1S/C19H25N3O2/c1-15-8-10-21(13-17(15)22-11-9-20-14-22)18(23)12-19(2,24)16-6-4-3-5-7-16/h3-7,9,11,14-15,17,24H,8,10,12-13H2,1-2H3. The summed E-state index contributed by atoms with van der Waals surface area (Å²) in [7, 11) is 0. The van der Waals surface area contributed by atoms with Crippen LogP contribution in [0.5, 0.6) is 0 Å². The average molecular weight is 327 g/mol. The number of likely N-dealkylation sites (tertiary alicyclic amines) is 1. The number of amides is 1. The summed E-state index contributed by atoms with van der Waals surface area (Å²) in [6, 6.07) is 9.63. The molecule has 5 heteroatoms. The van der Waals surface area contributed by atoms with Crippen LogP contribution >= 0.6 is 0 Å². The van der Waals surface area contributed by atoms with Crippen molar-refractivity contribution in [2.24, 2.45) is 5.92 Å². The molecule has 1 amide bonds. The minimum Gasteiger partial charge on any atom is -0.385 e. The number of hydrogen-bond donors (Lipinski definition) is 1. The Morgan fingerprint density at radius 3 is 2.79 bits per heavy atom. The molecular formula is C19H25N3O2. The Morgan fingerprint density at radius 1 is 1.38 bits per heavy atom. The Morgan fingerprint density at radius 2 is 2.12 bits per heavy atom. The van der Waals surface area contributed by atoms with Gasteiger partial charge in [0.2, 0.25) is 5.91 Å². The number of aliphatic hydroxyl groups is 1. The summed E-state index contributed by atoms with van der Waals surface area (Å²) in [6.07, 6.45) is 6.60. The maximum atomic E-state index is 12.7. The number of rotatable bonds is 4. The topological polar surface area (TPSA) is 58.4 Å². The van der Waals surface area contributed by atoms with Crippen molar-refractivity contribution in [1.29, 1.82) is 0 Å². The van der Waals surface area contributed by atoms with Crippen LogP contribution in [-0.4, -0.2) is 38.6 Å². The number of carbonyl (C=O) groups is 1. The normalized spacial score (nSPS) is 23.7. The van der Waals surface area contributed by atoms with Gasteiger partial charge < -0.3 is 14.6 Å². The van der Waals surface area contributed by atoms with Crippen LogP contribution < -0.4 is 0 Å². The third kappa shape index (κ3) is 3.51. The minimum absolute atomic E-state index is 0.000804. The van der Waals surface area contributed by atoms with E-state index in [2.05, 4.69) is 16.5 Å². The van der Waals surface area contributed by atoms with Crippen molar-refractivity contribution in [3.05, 3.63) is 54.6 Å². The van der Waals surface area contributed by atoms with Crippen molar-refractivity contribution in [3.63, 3.8) is 0 Å². The van der Waals surface area contributed by atoms with Crippen molar-refractivity contribution in [1.82, 2.24) is 14.5 Å². The fourth-order valence-electron chi connectivity index (χ4n) is 3.43. The lowest BCUT2D eigenvalue weighted by atomic mass is 9.90. The van der Waals surface area contributed by atoms with Gasteiger partial charge in [-0.2, -0.15) is 0 Å². The molecular weight excluding hydrogens is 302 g/mol. The molecule has 0 bridgehead atoms. The van der Waals surface area contributed by atoms with Crippen molar-refractivity contribution in [2.45, 2.75) is 38.3 Å².